The molecule has 0 aromatic heterocycles. The summed E-state index contributed by atoms with van der Waals surface area (Å²) < 4.78 is 28.1. The lowest BCUT2D eigenvalue weighted by molar-refractivity contribution is -0.137. The molecular formula is C21H35NO4S. The molecule has 1 amide bonds. The topological polar surface area (TPSA) is 63.7 Å². The second-order valence-corrected chi connectivity index (χ2v) is 9.29. The minimum absolute atomic E-state index is 0.0679. The van der Waals surface area contributed by atoms with E-state index in [2.05, 4.69) is 27.7 Å². The van der Waals surface area contributed by atoms with Gasteiger partial charge in [-0.05, 0) is 43.4 Å². The van der Waals surface area contributed by atoms with E-state index >= 15 is 0 Å². The molecule has 6 heteroatoms. The van der Waals surface area contributed by atoms with Crippen molar-refractivity contribution in [3.8, 4) is 5.75 Å². The van der Waals surface area contributed by atoms with Crippen molar-refractivity contribution in [2.75, 3.05) is 12.3 Å². The maximum atomic E-state index is 13.0. The number of hydrogen-bond acceptors (Lipinski definition) is 4. The molecule has 0 saturated carbocycles. The van der Waals surface area contributed by atoms with Gasteiger partial charge in [0.2, 0.25) is 5.91 Å². The van der Waals surface area contributed by atoms with Crippen molar-refractivity contribution < 1.29 is 17.4 Å². The fourth-order valence-corrected chi connectivity index (χ4v) is 3.48. The lowest BCUT2D eigenvalue weighted by Crippen LogP contribution is -2.38. The van der Waals surface area contributed by atoms with Gasteiger partial charge in [-0.3, -0.25) is 4.79 Å². The number of carbonyl (C=O) groups excluding carboxylic acids is 1. The summed E-state index contributed by atoms with van der Waals surface area (Å²) in [6.45, 7) is 11.2. The van der Waals surface area contributed by atoms with Crippen molar-refractivity contribution in [3.05, 3.63) is 29.8 Å². The van der Waals surface area contributed by atoms with E-state index in [1.165, 1.54) is 0 Å². The number of rotatable bonds is 12. The molecule has 1 aromatic carbocycles. The Morgan fingerprint density at radius 3 is 2.22 bits per heavy atom. The maximum absolute atomic E-state index is 13.0. The summed E-state index contributed by atoms with van der Waals surface area (Å²) in [6.07, 6.45) is 3.95. The first-order valence-electron chi connectivity index (χ1n) is 10.0. The van der Waals surface area contributed by atoms with Gasteiger partial charge in [-0.15, -0.1) is 0 Å². The van der Waals surface area contributed by atoms with Gasteiger partial charge in [-0.1, -0.05) is 52.7 Å². The van der Waals surface area contributed by atoms with Crippen molar-refractivity contribution in [1.29, 1.82) is 0 Å². The first-order valence-corrected chi connectivity index (χ1v) is 11.6. The predicted molar refractivity (Wildman–Crippen MR) is 110 cm³/mol. The summed E-state index contributed by atoms with van der Waals surface area (Å²) in [5.41, 5.74) is 0.968. The van der Waals surface area contributed by atoms with Crippen LogP contribution in [0.2, 0.25) is 0 Å². The van der Waals surface area contributed by atoms with Crippen LogP contribution < -0.4 is 4.18 Å². The zero-order valence-electron chi connectivity index (χ0n) is 17.4. The molecule has 0 aliphatic heterocycles. The molecule has 0 N–H and O–H groups in total. The fraction of sp³-hybridized carbons (Fsp3) is 0.667. The number of carbonyl (C=O) groups is 1. The Balaban J connectivity index is 2.88. The Labute approximate surface area is 165 Å². The van der Waals surface area contributed by atoms with Crippen molar-refractivity contribution >= 4 is 16.0 Å². The average Bonchev–Trinajstić information content (AvgIpc) is 2.62. The van der Waals surface area contributed by atoms with Gasteiger partial charge in [0.1, 0.15) is 5.75 Å². The smallest absolute Gasteiger partial charge is 0.308 e. The monoisotopic (exact) mass is 397 g/mol. The average molecular weight is 398 g/mol. The van der Waals surface area contributed by atoms with E-state index in [9.17, 15) is 13.2 Å². The third kappa shape index (κ3) is 8.33. The van der Waals surface area contributed by atoms with E-state index in [-0.39, 0.29) is 17.6 Å². The van der Waals surface area contributed by atoms with E-state index in [1.807, 2.05) is 17.0 Å². The lowest BCUT2D eigenvalue weighted by Gasteiger charge is -2.29. The van der Waals surface area contributed by atoms with E-state index in [0.29, 0.717) is 24.8 Å². The van der Waals surface area contributed by atoms with Crippen LogP contribution in [0.3, 0.4) is 0 Å². The molecule has 0 aliphatic carbocycles. The molecule has 1 aromatic rings. The summed E-state index contributed by atoms with van der Waals surface area (Å²) in [6, 6.07) is 6.95. The van der Waals surface area contributed by atoms with Gasteiger partial charge in [-0.25, -0.2) is 0 Å². The normalized spacial score (nSPS) is 12.8. The standard InChI is InChI=1S/C21H35NO4S/c1-6-9-10-19(7-2)21(23)22(15-17(4)5)16-18-11-13-20(14-12-18)26-27(24,25)8-3/h11-14,17,19H,6-10,15-16H2,1-5H3. The Morgan fingerprint density at radius 2 is 1.74 bits per heavy atom. The van der Waals surface area contributed by atoms with E-state index in [0.717, 1.165) is 31.2 Å². The number of hydrogen-bond donors (Lipinski definition) is 0. The molecule has 0 saturated heterocycles. The predicted octanol–water partition coefficient (Wildman–Crippen LogP) is 4.62. The fourth-order valence-electron chi connectivity index (χ4n) is 2.96. The first kappa shape index (κ1) is 23.5. The third-order valence-electron chi connectivity index (χ3n) is 4.52. The highest BCUT2D eigenvalue weighted by molar-refractivity contribution is 7.87. The van der Waals surface area contributed by atoms with Gasteiger partial charge in [0.25, 0.3) is 0 Å². The van der Waals surface area contributed by atoms with Gasteiger partial charge < -0.3 is 9.08 Å². The van der Waals surface area contributed by atoms with Gasteiger partial charge in [-0.2, -0.15) is 8.42 Å². The molecule has 27 heavy (non-hydrogen) atoms. The molecule has 0 spiro atoms. The summed E-state index contributed by atoms with van der Waals surface area (Å²) in [7, 11) is -3.53. The van der Waals surface area contributed by atoms with Gasteiger partial charge >= 0.3 is 10.1 Å². The second-order valence-electron chi connectivity index (χ2n) is 7.43. The summed E-state index contributed by atoms with van der Waals surface area (Å²) in [4.78, 5) is 15.0. The second kappa shape index (κ2) is 11.3. The zero-order valence-corrected chi connectivity index (χ0v) is 18.2. The molecule has 1 unspecified atom stereocenters. The van der Waals surface area contributed by atoms with Crippen LogP contribution in [0, 0.1) is 11.8 Å². The number of benzene rings is 1. The quantitative estimate of drug-likeness (QED) is 0.483. The Morgan fingerprint density at radius 1 is 1.11 bits per heavy atom. The Bertz CT molecular complexity index is 668. The molecule has 1 rings (SSSR count). The Hall–Kier alpha value is -1.56. The van der Waals surface area contributed by atoms with Crippen molar-refractivity contribution in [3.63, 3.8) is 0 Å². The van der Waals surface area contributed by atoms with Crippen LogP contribution in [-0.2, 0) is 21.5 Å². The summed E-state index contributed by atoms with van der Waals surface area (Å²) >= 11 is 0. The molecular weight excluding hydrogens is 362 g/mol. The van der Waals surface area contributed by atoms with Crippen LogP contribution in [-0.4, -0.2) is 31.5 Å². The highest BCUT2D eigenvalue weighted by atomic mass is 32.2. The largest absolute Gasteiger partial charge is 0.382 e. The molecule has 1 atom stereocenters. The van der Waals surface area contributed by atoms with E-state index in [1.54, 1.807) is 19.1 Å². The molecule has 0 bridgehead atoms. The lowest BCUT2D eigenvalue weighted by atomic mass is 9.97. The van der Waals surface area contributed by atoms with Crippen molar-refractivity contribution in [2.45, 2.75) is 66.8 Å². The third-order valence-corrected chi connectivity index (χ3v) is 5.67. The molecule has 0 fully saturated rings. The van der Waals surface area contributed by atoms with Gasteiger partial charge in [0.15, 0.2) is 0 Å². The van der Waals surface area contributed by atoms with Crippen LogP contribution in [0.4, 0.5) is 0 Å². The molecule has 0 radical (unpaired) electrons. The minimum atomic E-state index is -3.53. The molecule has 0 aliphatic rings. The first-order chi connectivity index (χ1) is 12.7. The zero-order chi connectivity index (χ0) is 20.4. The summed E-state index contributed by atoms with van der Waals surface area (Å²) in [5, 5.41) is 0. The van der Waals surface area contributed by atoms with Crippen LogP contribution in [0.25, 0.3) is 0 Å². The van der Waals surface area contributed by atoms with Crippen LogP contribution in [0.1, 0.15) is 65.9 Å². The van der Waals surface area contributed by atoms with Crippen LogP contribution in [0.5, 0.6) is 5.75 Å². The highest BCUT2D eigenvalue weighted by Gasteiger charge is 2.23. The molecule has 0 heterocycles. The number of amides is 1. The molecule has 154 valence electrons. The SMILES string of the molecule is CCCCC(CC)C(=O)N(Cc1ccc(OS(=O)(=O)CC)cc1)CC(C)C. The maximum Gasteiger partial charge on any atom is 0.308 e. The molecule has 5 nitrogen and oxygen atoms in total. The van der Waals surface area contributed by atoms with Gasteiger partial charge in [0, 0.05) is 19.0 Å². The number of nitrogens with zero attached hydrogens (tertiary/aromatic N) is 1. The minimum Gasteiger partial charge on any atom is -0.382 e. The highest BCUT2D eigenvalue weighted by Crippen LogP contribution is 2.20. The summed E-state index contributed by atoms with van der Waals surface area (Å²) in [5.74, 6) is 0.905. The van der Waals surface area contributed by atoms with Crippen LogP contribution in [0.15, 0.2) is 24.3 Å². The van der Waals surface area contributed by atoms with Crippen molar-refractivity contribution in [1.82, 2.24) is 4.90 Å². The Kier molecular flexibility index (Phi) is 9.84. The van der Waals surface area contributed by atoms with E-state index in [4.69, 9.17) is 4.18 Å². The number of unbranched alkanes of at least 4 members (excludes halogenated alkanes) is 1. The van der Waals surface area contributed by atoms with Crippen molar-refractivity contribution in [2.24, 2.45) is 11.8 Å². The van der Waals surface area contributed by atoms with Crippen LogP contribution >= 0.6 is 0 Å². The van der Waals surface area contributed by atoms with Gasteiger partial charge in [0.05, 0.1) is 5.75 Å². The van der Waals surface area contributed by atoms with E-state index < -0.39 is 10.1 Å².